The molecule has 0 aliphatic rings. The molecule has 3 rings (SSSR count). The van der Waals surface area contributed by atoms with Gasteiger partial charge in [0.2, 0.25) is 5.88 Å². The number of hydrogen-bond donors (Lipinski definition) is 4. The van der Waals surface area contributed by atoms with E-state index >= 15 is 0 Å². The van der Waals surface area contributed by atoms with Crippen molar-refractivity contribution in [3.63, 3.8) is 0 Å². The molecule has 24 heavy (non-hydrogen) atoms. The van der Waals surface area contributed by atoms with Crippen LogP contribution in [-0.4, -0.2) is 32.2 Å². The number of aromatic carboxylic acids is 2. The number of H-pyrrole nitrogens is 1. The molecule has 0 spiro atoms. The third-order valence-electron chi connectivity index (χ3n) is 3.39. The van der Waals surface area contributed by atoms with Crippen LogP contribution in [0.5, 0.6) is 5.88 Å². The third-order valence-corrected chi connectivity index (χ3v) is 3.39. The zero-order chi connectivity index (χ0) is 17.3. The predicted molar refractivity (Wildman–Crippen MR) is 84.5 cm³/mol. The molecule has 2 aromatic carbocycles. The minimum absolute atomic E-state index is 0.0314. The van der Waals surface area contributed by atoms with Crippen LogP contribution >= 0.6 is 0 Å². The van der Waals surface area contributed by atoms with Gasteiger partial charge in [0.25, 0.3) is 0 Å². The largest absolute Gasteiger partial charge is 0.493 e. The molecule has 1 heterocycles. The van der Waals surface area contributed by atoms with Crippen molar-refractivity contribution in [3.05, 3.63) is 53.6 Å². The van der Waals surface area contributed by atoms with Gasteiger partial charge in [-0.3, -0.25) is 0 Å². The number of fused-ring (bicyclic) bond motifs is 1. The standard InChI is InChI=1S/C16H11N3O5/c20-14-13(10-7-8(15(21)22)5-6-11(10)17-14)19-18-12-4-2-1-3-9(12)16(23)24/h1-7,17,20H,(H,21,22)(H,23,24). The quantitative estimate of drug-likeness (QED) is 0.542. The molecule has 0 radical (unpaired) electrons. The summed E-state index contributed by atoms with van der Waals surface area (Å²) in [6.07, 6.45) is 0. The van der Waals surface area contributed by atoms with Crippen LogP contribution in [0, 0.1) is 0 Å². The maximum atomic E-state index is 11.2. The number of aromatic amines is 1. The molecule has 8 nitrogen and oxygen atoms in total. The van der Waals surface area contributed by atoms with E-state index in [0.29, 0.717) is 10.9 Å². The second kappa shape index (κ2) is 5.84. The Morgan fingerprint density at radius 1 is 0.958 bits per heavy atom. The molecular weight excluding hydrogens is 314 g/mol. The van der Waals surface area contributed by atoms with Crippen molar-refractivity contribution in [1.82, 2.24) is 4.98 Å². The highest BCUT2D eigenvalue weighted by atomic mass is 16.4. The lowest BCUT2D eigenvalue weighted by atomic mass is 10.1. The van der Waals surface area contributed by atoms with Crippen LogP contribution < -0.4 is 0 Å². The summed E-state index contributed by atoms with van der Waals surface area (Å²) >= 11 is 0. The summed E-state index contributed by atoms with van der Waals surface area (Å²) in [4.78, 5) is 24.9. The van der Waals surface area contributed by atoms with Crippen LogP contribution in [0.1, 0.15) is 20.7 Å². The first-order valence-corrected chi connectivity index (χ1v) is 6.79. The van der Waals surface area contributed by atoms with Gasteiger partial charge in [-0.15, -0.1) is 10.2 Å². The number of nitrogens with one attached hydrogen (secondary N) is 1. The van der Waals surface area contributed by atoms with Crippen molar-refractivity contribution < 1.29 is 24.9 Å². The molecule has 120 valence electrons. The second-order valence-corrected chi connectivity index (χ2v) is 4.91. The number of hydrogen-bond acceptors (Lipinski definition) is 5. The first-order chi connectivity index (χ1) is 11.5. The van der Waals surface area contributed by atoms with E-state index in [1.807, 2.05) is 0 Å². The van der Waals surface area contributed by atoms with Gasteiger partial charge in [-0.05, 0) is 30.3 Å². The molecule has 0 amide bonds. The summed E-state index contributed by atoms with van der Waals surface area (Å²) < 4.78 is 0. The summed E-state index contributed by atoms with van der Waals surface area (Å²) in [6.45, 7) is 0. The molecule has 0 unspecified atom stereocenters. The maximum Gasteiger partial charge on any atom is 0.337 e. The van der Waals surface area contributed by atoms with Crippen molar-refractivity contribution in [3.8, 4) is 5.88 Å². The highest BCUT2D eigenvalue weighted by molar-refractivity contribution is 6.00. The highest BCUT2D eigenvalue weighted by Gasteiger charge is 2.14. The van der Waals surface area contributed by atoms with Crippen molar-refractivity contribution in [1.29, 1.82) is 0 Å². The number of rotatable bonds is 4. The number of aromatic hydroxyl groups is 1. The van der Waals surface area contributed by atoms with Gasteiger partial charge >= 0.3 is 11.9 Å². The Bertz CT molecular complexity index is 991. The van der Waals surface area contributed by atoms with Gasteiger partial charge in [0.05, 0.1) is 16.6 Å². The van der Waals surface area contributed by atoms with Crippen molar-refractivity contribution >= 4 is 34.2 Å². The third kappa shape index (κ3) is 2.68. The van der Waals surface area contributed by atoms with E-state index in [9.17, 15) is 14.7 Å². The molecule has 0 atom stereocenters. The zero-order valence-corrected chi connectivity index (χ0v) is 12.1. The van der Waals surface area contributed by atoms with Gasteiger partial charge in [-0.1, -0.05) is 12.1 Å². The molecule has 0 aliphatic heterocycles. The fraction of sp³-hybridized carbons (Fsp3) is 0. The Morgan fingerprint density at radius 2 is 1.71 bits per heavy atom. The number of carbonyl (C=O) groups is 2. The van der Waals surface area contributed by atoms with E-state index in [4.69, 9.17) is 10.2 Å². The number of aromatic nitrogens is 1. The van der Waals surface area contributed by atoms with Gasteiger partial charge in [0, 0.05) is 5.39 Å². The maximum absolute atomic E-state index is 11.2. The van der Waals surface area contributed by atoms with Gasteiger partial charge in [0.15, 0.2) is 5.69 Å². The summed E-state index contributed by atoms with van der Waals surface area (Å²) in [5.41, 5.74) is 0.634. The summed E-state index contributed by atoms with van der Waals surface area (Å²) in [6, 6.07) is 10.3. The Morgan fingerprint density at radius 3 is 2.42 bits per heavy atom. The van der Waals surface area contributed by atoms with Crippen LogP contribution in [0.2, 0.25) is 0 Å². The van der Waals surface area contributed by atoms with Crippen LogP contribution in [-0.2, 0) is 0 Å². The minimum atomic E-state index is -1.15. The van der Waals surface area contributed by atoms with E-state index < -0.39 is 11.9 Å². The van der Waals surface area contributed by atoms with Crippen molar-refractivity contribution in [2.75, 3.05) is 0 Å². The molecule has 0 fully saturated rings. The number of nitrogens with zero attached hydrogens (tertiary/aromatic N) is 2. The summed E-state index contributed by atoms with van der Waals surface area (Å²) in [5, 5.41) is 36.3. The molecule has 8 heteroatoms. The molecule has 0 bridgehead atoms. The zero-order valence-electron chi connectivity index (χ0n) is 12.1. The Balaban J connectivity index is 2.10. The number of carboxylic acid groups (broad SMARTS) is 2. The van der Waals surface area contributed by atoms with E-state index in [1.165, 1.54) is 30.3 Å². The van der Waals surface area contributed by atoms with Crippen LogP contribution in [0.3, 0.4) is 0 Å². The summed E-state index contributed by atoms with van der Waals surface area (Å²) in [5.74, 6) is -2.55. The Hall–Kier alpha value is -3.68. The number of azo groups is 1. The first-order valence-electron chi connectivity index (χ1n) is 6.79. The van der Waals surface area contributed by atoms with Crippen molar-refractivity contribution in [2.24, 2.45) is 10.2 Å². The minimum Gasteiger partial charge on any atom is -0.493 e. The molecule has 3 aromatic rings. The topological polar surface area (TPSA) is 135 Å². The van der Waals surface area contributed by atoms with Crippen LogP contribution in [0.4, 0.5) is 11.4 Å². The van der Waals surface area contributed by atoms with E-state index in [0.717, 1.165) is 0 Å². The second-order valence-electron chi connectivity index (χ2n) is 4.91. The number of carboxylic acids is 2. The first kappa shape index (κ1) is 15.2. The Labute approximate surface area is 134 Å². The molecule has 1 aromatic heterocycles. The fourth-order valence-corrected chi connectivity index (χ4v) is 2.24. The lowest BCUT2D eigenvalue weighted by molar-refractivity contribution is 0.0686. The molecular formula is C16H11N3O5. The number of benzene rings is 2. The van der Waals surface area contributed by atoms with E-state index in [2.05, 4.69) is 15.2 Å². The Kier molecular flexibility index (Phi) is 3.70. The molecule has 0 aliphatic carbocycles. The average Bonchev–Trinajstić information content (AvgIpc) is 2.87. The average molecular weight is 325 g/mol. The van der Waals surface area contributed by atoms with Gasteiger partial charge in [-0.25, -0.2) is 9.59 Å². The molecule has 0 saturated carbocycles. The lowest BCUT2D eigenvalue weighted by Crippen LogP contribution is -1.95. The van der Waals surface area contributed by atoms with E-state index in [-0.39, 0.29) is 28.4 Å². The SMILES string of the molecule is O=C(O)c1ccc2[nH]c(O)c(N=Nc3ccccc3C(=O)O)c2c1. The molecule has 4 N–H and O–H groups in total. The lowest BCUT2D eigenvalue weighted by Gasteiger charge is -1.99. The van der Waals surface area contributed by atoms with E-state index in [1.54, 1.807) is 12.1 Å². The fourth-order valence-electron chi connectivity index (χ4n) is 2.24. The van der Waals surface area contributed by atoms with Crippen LogP contribution in [0.25, 0.3) is 10.9 Å². The van der Waals surface area contributed by atoms with Gasteiger partial charge < -0.3 is 20.3 Å². The normalized spacial score (nSPS) is 11.2. The van der Waals surface area contributed by atoms with Gasteiger partial charge in [-0.2, -0.15) is 0 Å². The smallest absolute Gasteiger partial charge is 0.337 e. The monoisotopic (exact) mass is 325 g/mol. The molecule has 0 saturated heterocycles. The van der Waals surface area contributed by atoms with Gasteiger partial charge in [0.1, 0.15) is 5.69 Å². The van der Waals surface area contributed by atoms with Crippen molar-refractivity contribution in [2.45, 2.75) is 0 Å². The highest BCUT2D eigenvalue weighted by Crippen LogP contribution is 2.37. The predicted octanol–water partition coefficient (Wildman–Crippen LogP) is 3.69. The summed E-state index contributed by atoms with van der Waals surface area (Å²) in [7, 11) is 0. The van der Waals surface area contributed by atoms with Crippen LogP contribution in [0.15, 0.2) is 52.7 Å².